The van der Waals surface area contributed by atoms with Gasteiger partial charge in [-0.25, -0.2) is 0 Å². The summed E-state index contributed by atoms with van der Waals surface area (Å²) in [6, 6.07) is 16.7. The summed E-state index contributed by atoms with van der Waals surface area (Å²) in [6.45, 7) is 0. The molecule has 130 valence electrons. The molecule has 4 rings (SSSR count). The molecule has 0 unspecified atom stereocenters. The van der Waals surface area contributed by atoms with Gasteiger partial charge in [-0.3, -0.25) is 5.10 Å². The van der Waals surface area contributed by atoms with Gasteiger partial charge < -0.3 is 10.8 Å². The highest BCUT2D eigenvalue weighted by atomic mass is 35.5. The van der Waals surface area contributed by atoms with Gasteiger partial charge in [-0.15, -0.1) is 0 Å². The molecule has 4 nitrogen and oxygen atoms in total. The molecule has 4 aromatic rings. The van der Waals surface area contributed by atoms with Crippen molar-refractivity contribution in [3.63, 3.8) is 0 Å². The number of nitrogens with zero attached hydrogens (tertiary/aromatic N) is 1. The van der Waals surface area contributed by atoms with Gasteiger partial charge in [-0.2, -0.15) is 5.10 Å². The summed E-state index contributed by atoms with van der Waals surface area (Å²) in [5, 5.41) is 18.7. The number of aromatic hydroxyl groups is 1. The Bertz CT molecular complexity index is 1080. The van der Waals surface area contributed by atoms with E-state index in [0.717, 1.165) is 33.2 Å². The molecule has 0 amide bonds. The quantitative estimate of drug-likeness (QED) is 0.442. The first kappa shape index (κ1) is 16.8. The molecule has 4 N–H and O–H groups in total. The monoisotopic (exact) mass is 383 g/mol. The van der Waals surface area contributed by atoms with Crippen LogP contribution in [0.15, 0.2) is 54.6 Å². The van der Waals surface area contributed by atoms with E-state index in [-0.39, 0.29) is 5.75 Å². The average molecular weight is 384 g/mol. The van der Waals surface area contributed by atoms with Crippen LogP contribution < -0.4 is 5.73 Å². The molecule has 0 saturated carbocycles. The van der Waals surface area contributed by atoms with E-state index in [0.29, 0.717) is 22.3 Å². The maximum Gasteiger partial charge on any atom is 0.153 e. The van der Waals surface area contributed by atoms with Crippen LogP contribution in [0.2, 0.25) is 10.0 Å². The summed E-state index contributed by atoms with van der Waals surface area (Å²) in [7, 11) is 0. The van der Waals surface area contributed by atoms with Crippen molar-refractivity contribution < 1.29 is 5.11 Å². The fourth-order valence-corrected chi connectivity index (χ4v) is 3.69. The summed E-state index contributed by atoms with van der Waals surface area (Å²) in [4.78, 5) is 0. The fourth-order valence-electron chi connectivity index (χ4n) is 3.12. The number of nitrogens with two attached hydrogens (primary N) is 1. The Kier molecular flexibility index (Phi) is 4.23. The number of nitrogens with one attached hydrogen (secondary N) is 1. The molecule has 3 aromatic carbocycles. The third-order valence-corrected chi connectivity index (χ3v) is 4.75. The van der Waals surface area contributed by atoms with Gasteiger partial charge in [-0.1, -0.05) is 35.3 Å². The molecule has 6 heteroatoms. The van der Waals surface area contributed by atoms with E-state index < -0.39 is 0 Å². The molecule has 0 spiro atoms. The van der Waals surface area contributed by atoms with Crippen LogP contribution in [-0.4, -0.2) is 15.3 Å². The number of benzene rings is 3. The summed E-state index contributed by atoms with van der Waals surface area (Å²) in [6.07, 6.45) is 0.636. The van der Waals surface area contributed by atoms with Crippen LogP contribution in [0.1, 0.15) is 11.1 Å². The van der Waals surface area contributed by atoms with Crippen molar-refractivity contribution in [3.8, 4) is 16.9 Å². The number of phenolic OH excluding ortho intramolecular Hbond substituents is 1. The lowest BCUT2D eigenvalue weighted by Gasteiger charge is -2.12. The molecule has 0 fully saturated rings. The Morgan fingerprint density at radius 2 is 1.65 bits per heavy atom. The van der Waals surface area contributed by atoms with Crippen LogP contribution in [0.4, 0.5) is 5.82 Å². The van der Waals surface area contributed by atoms with Crippen LogP contribution in [0.5, 0.6) is 5.75 Å². The number of hydrogen-bond acceptors (Lipinski definition) is 3. The Balaban J connectivity index is 1.88. The smallest absolute Gasteiger partial charge is 0.153 e. The maximum atomic E-state index is 9.58. The zero-order valence-electron chi connectivity index (χ0n) is 13.6. The average Bonchev–Trinajstić information content (AvgIpc) is 2.95. The predicted octanol–water partition coefficient (Wildman–Crippen LogP) is 5.42. The topological polar surface area (TPSA) is 74.9 Å². The van der Waals surface area contributed by atoms with Crippen molar-refractivity contribution in [1.29, 1.82) is 0 Å². The third-order valence-electron chi connectivity index (χ3n) is 4.31. The number of nitrogen functional groups attached to an aromatic ring is 1. The number of hydrogen-bond donors (Lipinski definition) is 3. The molecule has 1 heterocycles. The molecular formula is C20H15Cl2N3O. The molecule has 0 radical (unpaired) electrons. The summed E-state index contributed by atoms with van der Waals surface area (Å²) in [5.41, 5.74) is 10.9. The first-order chi connectivity index (χ1) is 12.5. The lowest BCUT2D eigenvalue weighted by Crippen LogP contribution is -1.94. The number of halogens is 2. The maximum absolute atomic E-state index is 9.58. The third kappa shape index (κ3) is 3.21. The number of anilines is 1. The van der Waals surface area contributed by atoms with Crippen molar-refractivity contribution in [3.05, 3.63) is 75.8 Å². The minimum atomic E-state index is 0.226. The van der Waals surface area contributed by atoms with Crippen LogP contribution in [-0.2, 0) is 6.42 Å². The Labute approximate surface area is 160 Å². The Hall–Kier alpha value is -2.69. The largest absolute Gasteiger partial charge is 0.508 e. The predicted molar refractivity (Wildman–Crippen MR) is 107 cm³/mol. The first-order valence-electron chi connectivity index (χ1n) is 8.00. The fraction of sp³-hybridized carbons (Fsp3) is 0.0500. The number of fused-ring (bicyclic) bond motifs is 1. The van der Waals surface area contributed by atoms with Crippen LogP contribution >= 0.6 is 23.2 Å². The van der Waals surface area contributed by atoms with Gasteiger partial charge in [0.05, 0.1) is 5.52 Å². The number of phenols is 1. The van der Waals surface area contributed by atoms with Crippen LogP contribution in [0, 0.1) is 0 Å². The standard InChI is InChI=1S/C20H15Cl2N3O/c21-14-6-11(7-15(22)9-14)5-13-8-18-19(24-25-20(18)23)10-17(13)12-1-3-16(26)4-2-12/h1-4,6-10,26H,5H2,(H3,23,24,25). The summed E-state index contributed by atoms with van der Waals surface area (Å²) in [5.74, 6) is 0.686. The molecule has 0 aliphatic carbocycles. The number of H-pyrrole nitrogens is 1. The molecule has 26 heavy (non-hydrogen) atoms. The van der Waals surface area contributed by atoms with Crippen molar-refractivity contribution >= 4 is 39.9 Å². The highest BCUT2D eigenvalue weighted by Crippen LogP contribution is 2.33. The number of aromatic amines is 1. The molecular weight excluding hydrogens is 369 g/mol. The number of aromatic nitrogens is 2. The van der Waals surface area contributed by atoms with E-state index in [4.69, 9.17) is 28.9 Å². The second-order valence-electron chi connectivity index (χ2n) is 6.17. The molecule has 0 atom stereocenters. The second-order valence-corrected chi connectivity index (χ2v) is 7.04. The highest BCUT2D eigenvalue weighted by molar-refractivity contribution is 6.34. The van der Waals surface area contributed by atoms with Gasteiger partial charge in [0.1, 0.15) is 5.75 Å². The zero-order chi connectivity index (χ0) is 18.3. The molecule has 1 aromatic heterocycles. The first-order valence-corrected chi connectivity index (χ1v) is 8.76. The summed E-state index contributed by atoms with van der Waals surface area (Å²) >= 11 is 12.3. The minimum absolute atomic E-state index is 0.226. The molecule has 0 aliphatic rings. The summed E-state index contributed by atoms with van der Waals surface area (Å²) < 4.78 is 0. The van der Waals surface area contributed by atoms with E-state index in [9.17, 15) is 5.11 Å². The van der Waals surface area contributed by atoms with E-state index >= 15 is 0 Å². The van der Waals surface area contributed by atoms with Gasteiger partial charge in [0, 0.05) is 15.4 Å². The lowest BCUT2D eigenvalue weighted by atomic mass is 9.93. The lowest BCUT2D eigenvalue weighted by molar-refractivity contribution is 0.475. The Morgan fingerprint density at radius 3 is 2.35 bits per heavy atom. The van der Waals surface area contributed by atoms with Gasteiger partial charge in [0.15, 0.2) is 5.82 Å². The van der Waals surface area contributed by atoms with Gasteiger partial charge in [-0.05, 0) is 71.1 Å². The zero-order valence-corrected chi connectivity index (χ0v) is 15.1. The Morgan fingerprint density at radius 1 is 0.962 bits per heavy atom. The van der Waals surface area contributed by atoms with Gasteiger partial charge in [0.2, 0.25) is 0 Å². The van der Waals surface area contributed by atoms with Crippen LogP contribution in [0.25, 0.3) is 22.0 Å². The highest BCUT2D eigenvalue weighted by Gasteiger charge is 2.12. The van der Waals surface area contributed by atoms with E-state index in [1.165, 1.54) is 0 Å². The van der Waals surface area contributed by atoms with Gasteiger partial charge in [0.25, 0.3) is 0 Å². The van der Waals surface area contributed by atoms with E-state index in [2.05, 4.69) is 10.2 Å². The SMILES string of the molecule is Nc1n[nH]c2cc(-c3ccc(O)cc3)c(Cc3cc(Cl)cc(Cl)c3)cc12. The van der Waals surface area contributed by atoms with Crippen molar-refractivity contribution in [2.24, 2.45) is 0 Å². The molecule has 0 saturated heterocycles. The molecule has 0 bridgehead atoms. The normalized spacial score (nSPS) is 11.2. The second kappa shape index (κ2) is 6.56. The van der Waals surface area contributed by atoms with E-state index in [1.807, 2.05) is 36.4 Å². The van der Waals surface area contributed by atoms with Crippen molar-refractivity contribution in [1.82, 2.24) is 10.2 Å². The molecule has 0 aliphatic heterocycles. The van der Waals surface area contributed by atoms with Crippen LogP contribution in [0.3, 0.4) is 0 Å². The van der Waals surface area contributed by atoms with Gasteiger partial charge >= 0.3 is 0 Å². The number of rotatable bonds is 3. The van der Waals surface area contributed by atoms with Crippen molar-refractivity contribution in [2.45, 2.75) is 6.42 Å². The minimum Gasteiger partial charge on any atom is -0.508 e. The van der Waals surface area contributed by atoms with Crippen molar-refractivity contribution in [2.75, 3.05) is 5.73 Å². The van der Waals surface area contributed by atoms with E-state index in [1.54, 1.807) is 18.2 Å².